The number of rotatable bonds is 7. The molecule has 0 N–H and O–H groups in total. The topological polar surface area (TPSA) is 53.4 Å². The lowest BCUT2D eigenvalue weighted by atomic mass is 10.2. The van der Waals surface area contributed by atoms with Gasteiger partial charge in [0.1, 0.15) is 18.2 Å². The summed E-state index contributed by atoms with van der Waals surface area (Å²) >= 11 is 0. The number of hydrogen-bond acceptors (Lipinski definition) is 4. The third kappa shape index (κ3) is 3.73. The molecule has 0 radical (unpaired) electrons. The maximum atomic E-state index is 10.6. The molecule has 1 heterocycles. The predicted molar refractivity (Wildman–Crippen MR) is 103 cm³/mol. The highest BCUT2D eigenvalue weighted by atomic mass is 16.5. The molecule has 0 aliphatic carbocycles. The Morgan fingerprint density at radius 2 is 1.63 bits per heavy atom. The number of carbonyl (C=O) groups excluding carboxylic acids is 1. The summed E-state index contributed by atoms with van der Waals surface area (Å²) in [7, 11) is 0. The van der Waals surface area contributed by atoms with Crippen LogP contribution in [0.4, 0.5) is 0 Å². The molecular weight excluding hydrogens is 340 g/mol. The van der Waals surface area contributed by atoms with Crippen molar-refractivity contribution in [3.05, 3.63) is 90.3 Å². The van der Waals surface area contributed by atoms with Crippen LogP contribution in [0.3, 0.4) is 0 Å². The van der Waals surface area contributed by atoms with E-state index in [2.05, 4.69) is 4.57 Å². The van der Waals surface area contributed by atoms with Gasteiger partial charge in [0.25, 0.3) is 6.47 Å². The number of ether oxygens (including phenoxy) is 2. The van der Waals surface area contributed by atoms with Crippen LogP contribution in [0.2, 0.25) is 0 Å². The van der Waals surface area contributed by atoms with Crippen LogP contribution in [-0.4, -0.2) is 16.0 Å². The summed E-state index contributed by atoms with van der Waals surface area (Å²) in [5.41, 5.74) is 3.79. The fourth-order valence-corrected chi connectivity index (χ4v) is 3.04. The average Bonchev–Trinajstić information content (AvgIpc) is 3.07. The van der Waals surface area contributed by atoms with Crippen molar-refractivity contribution in [2.75, 3.05) is 0 Å². The Kier molecular flexibility index (Phi) is 4.94. The SMILES string of the molecule is O=COc1ccc2c(c1)nc(COCc1ccccc1)n2-c1ccccc1. The molecule has 1 aromatic heterocycles. The average molecular weight is 358 g/mol. The number of carbonyl (C=O) groups is 1. The summed E-state index contributed by atoms with van der Waals surface area (Å²) in [6.45, 7) is 1.29. The second-order valence-electron chi connectivity index (χ2n) is 6.04. The Hall–Kier alpha value is -3.44. The van der Waals surface area contributed by atoms with Gasteiger partial charge in [-0.15, -0.1) is 0 Å². The van der Waals surface area contributed by atoms with E-state index in [1.165, 1.54) is 0 Å². The normalized spacial score (nSPS) is 10.8. The van der Waals surface area contributed by atoms with E-state index in [4.69, 9.17) is 14.5 Å². The van der Waals surface area contributed by atoms with Crippen molar-refractivity contribution in [1.82, 2.24) is 9.55 Å². The first-order valence-electron chi connectivity index (χ1n) is 8.64. The third-order valence-corrected chi connectivity index (χ3v) is 4.24. The van der Waals surface area contributed by atoms with E-state index >= 15 is 0 Å². The Morgan fingerprint density at radius 3 is 2.37 bits per heavy atom. The monoisotopic (exact) mass is 358 g/mol. The quantitative estimate of drug-likeness (QED) is 0.463. The van der Waals surface area contributed by atoms with E-state index < -0.39 is 0 Å². The van der Waals surface area contributed by atoms with Crippen molar-refractivity contribution in [1.29, 1.82) is 0 Å². The molecule has 5 nitrogen and oxygen atoms in total. The van der Waals surface area contributed by atoms with Gasteiger partial charge >= 0.3 is 0 Å². The van der Waals surface area contributed by atoms with E-state index in [0.29, 0.717) is 25.4 Å². The van der Waals surface area contributed by atoms with Gasteiger partial charge in [-0.3, -0.25) is 9.36 Å². The Bertz CT molecular complexity index is 1040. The van der Waals surface area contributed by atoms with Crippen molar-refractivity contribution in [2.24, 2.45) is 0 Å². The number of fused-ring (bicyclic) bond motifs is 1. The van der Waals surface area contributed by atoms with Gasteiger partial charge in [-0.2, -0.15) is 0 Å². The summed E-state index contributed by atoms with van der Waals surface area (Å²) in [4.78, 5) is 15.3. The molecule has 0 bridgehead atoms. The molecule has 5 heteroatoms. The highest BCUT2D eigenvalue weighted by Crippen LogP contribution is 2.25. The van der Waals surface area contributed by atoms with E-state index in [0.717, 1.165) is 28.1 Å². The number of imidazole rings is 1. The van der Waals surface area contributed by atoms with Crippen molar-refractivity contribution in [3.8, 4) is 11.4 Å². The highest BCUT2D eigenvalue weighted by molar-refractivity contribution is 5.80. The van der Waals surface area contributed by atoms with Crippen LogP contribution in [0.25, 0.3) is 16.7 Å². The van der Waals surface area contributed by atoms with E-state index in [9.17, 15) is 4.79 Å². The van der Waals surface area contributed by atoms with Gasteiger partial charge in [-0.25, -0.2) is 4.98 Å². The lowest BCUT2D eigenvalue weighted by Gasteiger charge is -2.10. The Labute approximate surface area is 156 Å². The molecule has 4 aromatic rings. The molecule has 134 valence electrons. The molecule has 0 saturated carbocycles. The van der Waals surface area contributed by atoms with Crippen LogP contribution in [0.5, 0.6) is 5.75 Å². The number of nitrogens with zero attached hydrogens (tertiary/aromatic N) is 2. The van der Waals surface area contributed by atoms with Crippen molar-refractivity contribution in [3.63, 3.8) is 0 Å². The fourth-order valence-electron chi connectivity index (χ4n) is 3.04. The zero-order chi connectivity index (χ0) is 18.5. The molecule has 0 fully saturated rings. The number of benzene rings is 3. The molecule has 0 saturated heterocycles. The first-order chi connectivity index (χ1) is 13.3. The van der Waals surface area contributed by atoms with Crippen molar-refractivity contribution >= 4 is 17.5 Å². The van der Waals surface area contributed by atoms with Crippen LogP contribution in [0.1, 0.15) is 11.4 Å². The summed E-state index contributed by atoms with van der Waals surface area (Å²) < 4.78 is 12.9. The zero-order valence-corrected chi connectivity index (χ0v) is 14.6. The maximum absolute atomic E-state index is 10.6. The number of para-hydroxylation sites is 1. The van der Waals surface area contributed by atoms with Crippen LogP contribution in [0, 0.1) is 0 Å². The molecule has 0 unspecified atom stereocenters. The largest absolute Gasteiger partial charge is 0.429 e. The van der Waals surface area contributed by atoms with E-state index in [-0.39, 0.29) is 0 Å². The lowest BCUT2D eigenvalue weighted by molar-refractivity contribution is -0.120. The third-order valence-electron chi connectivity index (χ3n) is 4.24. The van der Waals surface area contributed by atoms with Crippen LogP contribution >= 0.6 is 0 Å². The van der Waals surface area contributed by atoms with Gasteiger partial charge in [-0.1, -0.05) is 48.5 Å². The molecule has 27 heavy (non-hydrogen) atoms. The fraction of sp³-hybridized carbons (Fsp3) is 0.0909. The van der Waals surface area contributed by atoms with Gasteiger partial charge in [0, 0.05) is 11.8 Å². The second-order valence-corrected chi connectivity index (χ2v) is 6.04. The van der Waals surface area contributed by atoms with Crippen LogP contribution < -0.4 is 4.74 Å². The number of hydrogen-bond donors (Lipinski definition) is 0. The summed E-state index contributed by atoms with van der Waals surface area (Å²) in [6, 6.07) is 25.4. The molecular formula is C22H18N2O3. The molecule has 0 aliphatic heterocycles. The minimum atomic E-state index is 0.363. The van der Waals surface area contributed by atoms with Gasteiger partial charge < -0.3 is 9.47 Å². The highest BCUT2D eigenvalue weighted by Gasteiger charge is 2.13. The van der Waals surface area contributed by atoms with Crippen LogP contribution in [0.15, 0.2) is 78.9 Å². The first-order valence-corrected chi connectivity index (χ1v) is 8.64. The summed E-state index contributed by atoms with van der Waals surface area (Å²) in [5, 5.41) is 0. The summed E-state index contributed by atoms with van der Waals surface area (Å²) in [6.07, 6.45) is 0. The minimum Gasteiger partial charge on any atom is -0.429 e. The molecule has 0 atom stereocenters. The molecule has 0 aliphatic rings. The van der Waals surface area contributed by atoms with E-state index in [1.54, 1.807) is 12.1 Å². The first kappa shape index (κ1) is 17.0. The smallest absolute Gasteiger partial charge is 0.298 e. The Balaban J connectivity index is 1.68. The van der Waals surface area contributed by atoms with E-state index in [1.807, 2.05) is 66.7 Å². The van der Waals surface area contributed by atoms with Crippen LogP contribution in [-0.2, 0) is 22.7 Å². The van der Waals surface area contributed by atoms with Gasteiger partial charge in [0.05, 0.1) is 17.6 Å². The Morgan fingerprint density at radius 1 is 0.889 bits per heavy atom. The predicted octanol–water partition coefficient (Wildman–Crippen LogP) is 4.28. The molecule has 0 spiro atoms. The van der Waals surface area contributed by atoms with Gasteiger partial charge in [0.15, 0.2) is 0 Å². The van der Waals surface area contributed by atoms with Crippen molar-refractivity contribution in [2.45, 2.75) is 13.2 Å². The van der Waals surface area contributed by atoms with Gasteiger partial charge in [0.2, 0.25) is 0 Å². The number of aromatic nitrogens is 2. The zero-order valence-electron chi connectivity index (χ0n) is 14.6. The lowest BCUT2D eigenvalue weighted by Crippen LogP contribution is -2.04. The standard InChI is InChI=1S/C22H18N2O3/c25-16-27-19-11-12-21-20(13-19)23-22(24(21)18-9-5-2-6-10-18)15-26-14-17-7-3-1-4-8-17/h1-13,16H,14-15H2. The molecule has 3 aromatic carbocycles. The molecule has 4 rings (SSSR count). The molecule has 0 amide bonds. The minimum absolute atomic E-state index is 0.363. The second kappa shape index (κ2) is 7.85. The van der Waals surface area contributed by atoms with Gasteiger partial charge in [-0.05, 0) is 29.8 Å². The summed E-state index contributed by atoms with van der Waals surface area (Å²) in [5.74, 6) is 1.25. The maximum Gasteiger partial charge on any atom is 0.298 e. The van der Waals surface area contributed by atoms with Crippen molar-refractivity contribution < 1.29 is 14.3 Å².